The molecule has 0 bridgehead atoms. The standard InChI is InChI=1S/C20H22N2O6/c1-5-7-14-10-15(22(25)26)8-9-17(14)28-11-16(23)18-12(3)21-13(4)19(18)20(24)27-6-2/h5,8-10,21H,1,6-7,11H2,2-4H3. The maximum absolute atomic E-state index is 12.7. The normalized spacial score (nSPS) is 10.4. The van der Waals surface area contributed by atoms with E-state index < -0.39 is 16.7 Å². The lowest BCUT2D eigenvalue weighted by atomic mass is 10.0. The first-order valence-electron chi connectivity index (χ1n) is 8.70. The molecule has 0 unspecified atom stereocenters. The van der Waals surface area contributed by atoms with Crippen LogP contribution in [-0.4, -0.2) is 34.9 Å². The highest BCUT2D eigenvalue weighted by atomic mass is 16.6. The Bertz CT molecular complexity index is 929. The fourth-order valence-electron chi connectivity index (χ4n) is 2.94. The number of ether oxygens (including phenoxy) is 2. The third-order valence-corrected chi connectivity index (χ3v) is 4.11. The Hall–Kier alpha value is -3.42. The van der Waals surface area contributed by atoms with Crippen LogP contribution in [0.3, 0.4) is 0 Å². The first kappa shape index (κ1) is 20.9. The number of aromatic nitrogens is 1. The molecule has 0 saturated heterocycles. The highest BCUT2D eigenvalue weighted by Gasteiger charge is 2.25. The number of nitro groups is 1. The molecule has 148 valence electrons. The highest BCUT2D eigenvalue weighted by Crippen LogP contribution is 2.26. The number of esters is 1. The van der Waals surface area contributed by atoms with Gasteiger partial charge in [-0.15, -0.1) is 6.58 Å². The minimum Gasteiger partial charge on any atom is -0.485 e. The lowest BCUT2D eigenvalue weighted by Crippen LogP contribution is -2.17. The second kappa shape index (κ2) is 8.98. The van der Waals surface area contributed by atoms with Crippen molar-refractivity contribution in [2.24, 2.45) is 0 Å². The number of benzene rings is 1. The van der Waals surface area contributed by atoms with Gasteiger partial charge in [-0.3, -0.25) is 14.9 Å². The van der Waals surface area contributed by atoms with Crippen molar-refractivity contribution in [1.29, 1.82) is 0 Å². The summed E-state index contributed by atoms with van der Waals surface area (Å²) in [6.45, 7) is 8.57. The molecule has 0 aliphatic rings. The zero-order valence-corrected chi connectivity index (χ0v) is 16.0. The van der Waals surface area contributed by atoms with E-state index in [1.807, 2.05) is 0 Å². The van der Waals surface area contributed by atoms with Gasteiger partial charge in [-0.05, 0) is 33.3 Å². The largest absolute Gasteiger partial charge is 0.485 e. The van der Waals surface area contributed by atoms with Crippen LogP contribution < -0.4 is 4.74 Å². The molecule has 8 heteroatoms. The molecule has 1 heterocycles. The average molecular weight is 386 g/mol. The van der Waals surface area contributed by atoms with Crippen LogP contribution in [0.25, 0.3) is 0 Å². The van der Waals surface area contributed by atoms with Crippen LogP contribution in [0.1, 0.15) is 44.6 Å². The molecule has 0 radical (unpaired) electrons. The molecule has 8 nitrogen and oxygen atoms in total. The highest BCUT2D eigenvalue weighted by molar-refractivity contribution is 6.08. The molecule has 2 aromatic rings. The van der Waals surface area contributed by atoms with Crippen LogP contribution in [0, 0.1) is 24.0 Å². The van der Waals surface area contributed by atoms with Crippen LogP contribution in [0.4, 0.5) is 5.69 Å². The molecule has 1 N–H and O–H groups in total. The summed E-state index contributed by atoms with van der Waals surface area (Å²) in [5.74, 6) is -0.621. The summed E-state index contributed by atoms with van der Waals surface area (Å²) < 4.78 is 10.6. The molecule has 0 atom stereocenters. The van der Waals surface area contributed by atoms with Gasteiger partial charge in [0.15, 0.2) is 6.61 Å². The fraction of sp³-hybridized carbons (Fsp3) is 0.300. The van der Waals surface area contributed by atoms with E-state index in [0.717, 1.165) is 0 Å². The lowest BCUT2D eigenvalue weighted by molar-refractivity contribution is -0.384. The third kappa shape index (κ3) is 4.46. The Morgan fingerprint density at radius 1 is 1.25 bits per heavy atom. The molecule has 0 fully saturated rings. The van der Waals surface area contributed by atoms with E-state index in [2.05, 4.69) is 11.6 Å². The van der Waals surface area contributed by atoms with E-state index in [9.17, 15) is 19.7 Å². The zero-order valence-electron chi connectivity index (χ0n) is 16.0. The van der Waals surface area contributed by atoms with Gasteiger partial charge in [-0.25, -0.2) is 4.79 Å². The number of allylic oxidation sites excluding steroid dienone is 1. The van der Waals surface area contributed by atoms with Gasteiger partial charge in [-0.2, -0.15) is 0 Å². The number of hydrogen-bond donors (Lipinski definition) is 1. The van der Waals surface area contributed by atoms with Crippen LogP contribution in [0.15, 0.2) is 30.9 Å². The fourth-order valence-corrected chi connectivity index (χ4v) is 2.94. The maximum Gasteiger partial charge on any atom is 0.340 e. The lowest BCUT2D eigenvalue weighted by Gasteiger charge is -2.11. The van der Waals surface area contributed by atoms with Crippen molar-refractivity contribution in [2.45, 2.75) is 27.2 Å². The van der Waals surface area contributed by atoms with E-state index in [1.165, 1.54) is 18.2 Å². The number of nitrogens with zero attached hydrogens (tertiary/aromatic N) is 1. The molecule has 1 aromatic heterocycles. The minimum atomic E-state index is -0.574. The van der Waals surface area contributed by atoms with Crippen molar-refractivity contribution in [3.05, 3.63) is 69.0 Å². The Balaban J connectivity index is 2.27. The predicted octanol–water partition coefficient (Wildman–Crippen LogP) is 3.71. The van der Waals surface area contributed by atoms with E-state index in [4.69, 9.17) is 9.47 Å². The second-order valence-corrected chi connectivity index (χ2v) is 6.10. The van der Waals surface area contributed by atoms with Gasteiger partial charge in [0.2, 0.25) is 5.78 Å². The first-order chi connectivity index (χ1) is 13.3. The van der Waals surface area contributed by atoms with Gasteiger partial charge in [0.1, 0.15) is 5.75 Å². The van der Waals surface area contributed by atoms with Crippen molar-refractivity contribution < 1.29 is 24.0 Å². The molecular formula is C20H22N2O6. The number of hydrogen-bond acceptors (Lipinski definition) is 6. The molecule has 0 amide bonds. The molecule has 0 saturated carbocycles. The monoisotopic (exact) mass is 386 g/mol. The molecule has 2 rings (SSSR count). The molecule has 28 heavy (non-hydrogen) atoms. The molecule has 1 aromatic carbocycles. The number of aromatic amines is 1. The number of nitro benzene ring substituents is 1. The summed E-state index contributed by atoms with van der Waals surface area (Å²) in [4.78, 5) is 38.4. The van der Waals surface area contributed by atoms with Gasteiger partial charge in [-0.1, -0.05) is 6.08 Å². The molecule has 0 aliphatic heterocycles. The van der Waals surface area contributed by atoms with Gasteiger partial charge < -0.3 is 14.5 Å². The van der Waals surface area contributed by atoms with Crippen molar-refractivity contribution in [3.63, 3.8) is 0 Å². The number of ketones is 1. The number of Topliss-reactive ketones (excluding diaryl/α,β-unsaturated/α-hetero) is 1. The van der Waals surface area contributed by atoms with Gasteiger partial charge >= 0.3 is 5.97 Å². The van der Waals surface area contributed by atoms with Crippen LogP contribution in [0.5, 0.6) is 5.75 Å². The van der Waals surface area contributed by atoms with E-state index in [0.29, 0.717) is 29.1 Å². The second-order valence-electron chi connectivity index (χ2n) is 6.10. The summed E-state index contributed by atoms with van der Waals surface area (Å²) in [5.41, 5.74) is 1.99. The van der Waals surface area contributed by atoms with Crippen LogP contribution in [-0.2, 0) is 11.2 Å². The number of nitrogens with one attached hydrogen (secondary N) is 1. The van der Waals surface area contributed by atoms with Crippen molar-refractivity contribution in [2.75, 3.05) is 13.2 Å². The third-order valence-electron chi connectivity index (χ3n) is 4.11. The van der Waals surface area contributed by atoms with E-state index in [1.54, 1.807) is 26.8 Å². The van der Waals surface area contributed by atoms with E-state index >= 15 is 0 Å². The van der Waals surface area contributed by atoms with Crippen molar-refractivity contribution in [1.82, 2.24) is 4.98 Å². The SMILES string of the molecule is C=CCc1cc([N+](=O)[O-])ccc1OCC(=O)c1c(C)[nH]c(C)c1C(=O)OCC. The molecular weight excluding hydrogens is 364 g/mol. The van der Waals surface area contributed by atoms with Gasteiger partial charge in [0.25, 0.3) is 5.69 Å². The van der Waals surface area contributed by atoms with Gasteiger partial charge in [0.05, 0.1) is 22.7 Å². The number of non-ortho nitro benzene ring substituents is 1. The summed E-state index contributed by atoms with van der Waals surface area (Å²) in [7, 11) is 0. The first-order valence-corrected chi connectivity index (χ1v) is 8.70. The summed E-state index contributed by atoms with van der Waals surface area (Å²) in [6, 6.07) is 4.14. The Kier molecular flexibility index (Phi) is 6.70. The number of H-pyrrole nitrogens is 1. The average Bonchev–Trinajstić information content (AvgIpc) is 2.94. The Morgan fingerprint density at radius 2 is 1.93 bits per heavy atom. The Labute approximate surface area is 162 Å². The zero-order chi connectivity index (χ0) is 20.8. The maximum atomic E-state index is 12.7. The summed E-state index contributed by atoms with van der Waals surface area (Å²) in [5, 5.41) is 11.0. The number of rotatable bonds is 9. The summed E-state index contributed by atoms with van der Waals surface area (Å²) in [6.07, 6.45) is 1.94. The molecule has 0 spiro atoms. The van der Waals surface area contributed by atoms with Gasteiger partial charge in [0, 0.05) is 29.1 Å². The van der Waals surface area contributed by atoms with Crippen LogP contribution in [0.2, 0.25) is 0 Å². The number of carbonyl (C=O) groups excluding carboxylic acids is 2. The quantitative estimate of drug-likeness (QED) is 0.231. The minimum absolute atomic E-state index is 0.0720. The summed E-state index contributed by atoms with van der Waals surface area (Å²) >= 11 is 0. The van der Waals surface area contributed by atoms with E-state index in [-0.39, 0.29) is 30.0 Å². The smallest absolute Gasteiger partial charge is 0.340 e. The van der Waals surface area contributed by atoms with Crippen molar-refractivity contribution >= 4 is 17.4 Å². The number of carbonyl (C=O) groups is 2. The number of aryl methyl sites for hydroxylation is 2. The van der Waals surface area contributed by atoms with Crippen LogP contribution >= 0.6 is 0 Å². The van der Waals surface area contributed by atoms with Crippen molar-refractivity contribution in [3.8, 4) is 5.75 Å². The Morgan fingerprint density at radius 3 is 2.54 bits per heavy atom. The topological polar surface area (TPSA) is 112 Å². The predicted molar refractivity (Wildman–Crippen MR) is 103 cm³/mol. The molecule has 0 aliphatic carbocycles.